The number of carbonyl (C=O) groups is 3. The van der Waals surface area contributed by atoms with E-state index in [9.17, 15) is 14.4 Å². The van der Waals surface area contributed by atoms with E-state index >= 15 is 0 Å². The van der Waals surface area contributed by atoms with Crippen molar-refractivity contribution >= 4 is 23.5 Å². The number of piperazine rings is 1. The van der Waals surface area contributed by atoms with Gasteiger partial charge in [-0.25, -0.2) is 4.79 Å². The Hall–Kier alpha value is -3.69. The van der Waals surface area contributed by atoms with Gasteiger partial charge in [0.2, 0.25) is 5.91 Å². The van der Waals surface area contributed by atoms with Crippen LogP contribution in [0.3, 0.4) is 0 Å². The van der Waals surface area contributed by atoms with Crippen molar-refractivity contribution in [3.63, 3.8) is 0 Å². The van der Waals surface area contributed by atoms with Crippen LogP contribution in [0.4, 0.5) is 10.5 Å². The molecule has 0 unspecified atom stereocenters. The molecule has 4 rings (SSSR count). The minimum absolute atomic E-state index is 0.00620. The number of benzene rings is 1. The van der Waals surface area contributed by atoms with Gasteiger partial charge in [0.15, 0.2) is 5.76 Å². The number of anilines is 1. The Morgan fingerprint density at radius 3 is 2.38 bits per heavy atom. The number of amides is 4. The smallest absolute Gasteiger partial charge is 0.325 e. The fourth-order valence-corrected chi connectivity index (χ4v) is 3.94. The first-order chi connectivity index (χ1) is 15.5. The van der Waals surface area contributed by atoms with Crippen LogP contribution in [-0.2, 0) is 4.79 Å². The maximum atomic E-state index is 13.0. The van der Waals surface area contributed by atoms with Crippen molar-refractivity contribution in [3.05, 3.63) is 42.4 Å². The first-order valence-corrected chi connectivity index (χ1v) is 10.4. The van der Waals surface area contributed by atoms with E-state index in [1.807, 2.05) is 0 Å². The molecule has 0 saturated carbocycles. The minimum Gasteiger partial charge on any atom is -0.497 e. The first-order valence-electron chi connectivity index (χ1n) is 10.4. The van der Waals surface area contributed by atoms with E-state index in [1.54, 1.807) is 59.3 Å². The second kappa shape index (κ2) is 9.21. The topological polar surface area (TPSA) is 95.8 Å². The zero-order chi connectivity index (χ0) is 22.7. The third-order valence-electron chi connectivity index (χ3n) is 5.75. The molecular formula is C22H26N4O6. The van der Waals surface area contributed by atoms with Crippen molar-refractivity contribution < 1.29 is 28.3 Å². The van der Waals surface area contributed by atoms with Crippen molar-refractivity contribution in [2.24, 2.45) is 0 Å². The Balaban J connectivity index is 1.34. The molecule has 10 nitrogen and oxygen atoms in total. The van der Waals surface area contributed by atoms with E-state index < -0.39 is 0 Å². The van der Waals surface area contributed by atoms with Gasteiger partial charge in [0.25, 0.3) is 5.91 Å². The zero-order valence-electron chi connectivity index (χ0n) is 18.2. The Kier molecular flexibility index (Phi) is 6.20. The van der Waals surface area contributed by atoms with Crippen molar-refractivity contribution in [1.82, 2.24) is 14.7 Å². The van der Waals surface area contributed by atoms with E-state index in [2.05, 4.69) is 0 Å². The standard InChI is InChI=1S/C22H26N4O6/c1-30-16-5-6-18(31-2)17(14-16)26-12-11-25(22(26)29)15-20(27)23-7-9-24(10-8-23)21(28)19-4-3-13-32-19/h3-6,13-14H,7-12,15H2,1-2H3. The maximum absolute atomic E-state index is 13.0. The number of carbonyl (C=O) groups excluding carboxylic acids is 3. The summed E-state index contributed by atoms with van der Waals surface area (Å²) in [4.78, 5) is 44.7. The summed E-state index contributed by atoms with van der Waals surface area (Å²) in [6, 6.07) is 8.31. The normalized spacial score (nSPS) is 16.5. The zero-order valence-corrected chi connectivity index (χ0v) is 18.2. The highest BCUT2D eigenvalue weighted by molar-refractivity contribution is 5.98. The number of hydrogen-bond acceptors (Lipinski definition) is 6. The molecule has 0 spiro atoms. The summed E-state index contributed by atoms with van der Waals surface area (Å²) in [7, 11) is 3.10. The van der Waals surface area contributed by atoms with Gasteiger partial charge in [-0.1, -0.05) is 0 Å². The van der Waals surface area contributed by atoms with E-state index in [0.29, 0.717) is 62.2 Å². The average molecular weight is 442 g/mol. The fourth-order valence-electron chi connectivity index (χ4n) is 3.94. The lowest BCUT2D eigenvalue weighted by molar-refractivity contribution is -0.133. The van der Waals surface area contributed by atoms with Crippen molar-refractivity contribution in [1.29, 1.82) is 0 Å². The van der Waals surface area contributed by atoms with Crippen LogP contribution in [0, 0.1) is 0 Å². The van der Waals surface area contributed by atoms with Crippen LogP contribution in [0.2, 0.25) is 0 Å². The van der Waals surface area contributed by atoms with Gasteiger partial charge >= 0.3 is 6.03 Å². The molecule has 32 heavy (non-hydrogen) atoms. The summed E-state index contributed by atoms with van der Waals surface area (Å²) in [5.41, 5.74) is 0.608. The second-order valence-corrected chi connectivity index (χ2v) is 7.54. The van der Waals surface area contributed by atoms with Gasteiger partial charge < -0.3 is 28.6 Å². The molecule has 1 aromatic carbocycles. The number of methoxy groups -OCH3 is 2. The van der Waals surface area contributed by atoms with Crippen molar-refractivity contribution in [2.75, 3.05) is 64.9 Å². The molecule has 1 aromatic heterocycles. The summed E-state index contributed by atoms with van der Waals surface area (Å²) in [5.74, 6) is 1.15. The molecule has 2 aromatic rings. The summed E-state index contributed by atoms with van der Waals surface area (Å²) in [6.45, 7) is 2.55. The Bertz CT molecular complexity index is 984. The molecule has 2 saturated heterocycles. The summed E-state index contributed by atoms with van der Waals surface area (Å²) < 4.78 is 15.8. The summed E-state index contributed by atoms with van der Waals surface area (Å²) in [5, 5.41) is 0. The molecule has 170 valence electrons. The van der Waals surface area contributed by atoms with Crippen LogP contribution >= 0.6 is 0 Å². The van der Waals surface area contributed by atoms with Crippen LogP contribution in [0.5, 0.6) is 11.5 Å². The quantitative estimate of drug-likeness (QED) is 0.673. The average Bonchev–Trinajstić information content (AvgIpc) is 3.49. The number of urea groups is 1. The molecule has 10 heteroatoms. The monoisotopic (exact) mass is 442 g/mol. The lowest BCUT2D eigenvalue weighted by Gasteiger charge is -2.35. The highest BCUT2D eigenvalue weighted by Crippen LogP contribution is 2.34. The van der Waals surface area contributed by atoms with Gasteiger partial charge in [0, 0.05) is 45.3 Å². The van der Waals surface area contributed by atoms with Crippen LogP contribution in [0.15, 0.2) is 41.0 Å². The molecule has 4 amide bonds. The van der Waals surface area contributed by atoms with E-state index in [1.165, 1.54) is 11.2 Å². The molecule has 0 N–H and O–H groups in total. The van der Waals surface area contributed by atoms with Gasteiger partial charge in [-0.2, -0.15) is 0 Å². The van der Waals surface area contributed by atoms with Gasteiger partial charge in [-0.3, -0.25) is 14.5 Å². The third-order valence-corrected chi connectivity index (χ3v) is 5.75. The van der Waals surface area contributed by atoms with Crippen molar-refractivity contribution in [2.45, 2.75) is 0 Å². The molecule has 2 aliphatic heterocycles. The van der Waals surface area contributed by atoms with Crippen LogP contribution in [0.1, 0.15) is 10.6 Å². The SMILES string of the molecule is COc1ccc(OC)c(N2CCN(CC(=O)N3CCN(C(=O)c4ccco4)CC3)C2=O)c1. The molecule has 0 atom stereocenters. The third kappa shape index (κ3) is 4.20. The summed E-state index contributed by atoms with van der Waals surface area (Å²) in [6.07, 6.45) is 1.46. The first kappa shape index (κ1) is 21.5. The molecule has 0 radical (unpaired) electrons. The molecule has 0 bridgehead atoms. The number of furan rings is 1. The molecule has 2 fully saturated rings. The molecular weight excluding hydrogens is 416 g/mol. The highest BCUT2D eigenvalue weighted by Gasteiger charge is 2.34. The van der Waals surface area contributed by atoms with Gasteiger partial charge in [0.05, 0.1) is 26.2 Å². The molecule has 2 aliphatic rings. The Morgan fingerprint density at radius 2 is 1.72 bits per heavy atom. The minimum atomic E-state index is -0.253. The lowest BCUT2D eigenvalue weighted by Crippen LogP contribution is -2.52. The highest BCUT2D eigenvalue weighted by atomic mass is 16.5. The Morgan fingerprint density at radius 1 is 0.969 bits per heavy atom. The largest absolute Gasteiger partial charge is 0.497 e. The van der Waals surface area contributed by atoms with Crippen LogP contribution in [-0.4, -0.2) is 92.6 Å². The predicted molar refractivity (Wildman–Crippen MR) is 115 cm³/mol. The van der Waals surface area contributed by atoms with Gasteiger partial charge in [-0.05, 0) is 24.3 Å². The summed E-state index contributed by atoms with van der Waals surface area (Å²) >= 11 is 0. The van der Waals surface area contributed by atoms with Crippen LogP contribution in [0.25, 0.3) is 0 Å². The Labute approximate surface area is 185 Å². The number of ether oxygens (including phenoxy) is 2. The fraction of sp³-hybridized carbons (Fsp3) is 0.409. The molecule has 0 aliphatic carbocycles. The predicted octanol–water partition coefficient (Wildman–Crippen LogP) is 1.52. The van der Waals surface area contributed by atoms with Crippen LogP contribution < -0.4 is 14.4 Å². The molecule has 3 heterocycles. The number of hydrogen-bond donors (Lipinski definition) is 0. The maximum Gasteiger partial charge on any atom is 0.325 e. The van der Waals surface area contributed by atoms with E-state index in [4.69, 9.17) is 13.9 Å². The van der Waals surface area contributed by atoms with E-state index in [-0.39, 0.29) is 24.4 Å². The van der Waals surface area contributed by atoms with Gasteiger partial charge in [0.1, 0.15) is 18.0 Å². The number of rotatable bonds is 6. The second-order valence-electron chi connectivity index (χ2n) is 7.54. The van der Waals surface area contributed by atoms with E-state index in [0.717, 1.165) is 0 Å². The number of nitrogens with zero attached hydrogens (tertiary/aromatic N) is 4. The lowest BCUT2D eigenvalue weighted by atomic mass is 10.2. The van der Waals surface area contributed by atoms with Crippen molar-refractivity contribution in [3.8, 4) is 11.5 Å². The van der Waals surface area contributed by atoms with Gasteiger partial charge in [-0.15, -0.1) is 0 Å².